The van der Waals surface area contributed by atoms with E-state index in [0.29, 0.717) is 33.7 Å². The molecule has 0 spiro atoms. The molecular formula is C23H21F2N3O4S. The van der Waals surface area contributed by atoms with E-state index in [-0.39, 0.29) is 22.8 Å². The molecule has 2 aromatic heterocycles. The van der Waals surface area contributed by atoms with Crippen molar-refractivity contribution in [3.05, 3.63) is 82.4 Å². The number of aromatic nitrogens is 2. The van der Waals surface area contributed by atoms with Crippen LogP contribution in [-0.4, -0.2) is 36.4 Å². The van der Waals surface area contributed by atoms with Gasteiger partial charge in [0.05, 0.1) is 5.75 Å². The van der Waals surface area contributed by atoms with Crippen molar-refractivity contribution in [2.75, 3.05) is 14.1 Å². The van der Waals surface area contributed by atoms with Gasteiger partial charge in [-0.25, -0.2) is 21.5 Å². The lowest BCUT2D eigenvalue weighted by molar-refractivity contribution is 0.439. The molecule has 4 rings (SSSR count). The number of sulfonamides is 1. The van der Waals surface area contributed by atoms with Crippen molar-refractivity contribution in [3.63, 3.8) is 0 Å². The predicted molar refractivity (Wildman–Crippen MR) is 122 cm³/mol. The Balaban J connectivity index is 1.91. The van der Waals surface area contributed by atoms with Gasteiger partial charge in [-0.3, -0.25) is 4.79 Å². The van der Waals surface area contributed by atoms with Crippen LogP contribution in [0.5, 0.6) is 11.5 Å². The summed E-state index contributed by atoms with van der Waals surface area (Å²) in [5, 5.41) is 0.610. The standard InChI is InChI=1S/C23H21F2N3O4S/c1-27(2)33(30,31)13-14-4-6-20(32-21-7-5-15(24)11-19(21)25)17(10-14)18-12-28(3)22-16(18)8-9-26-23(22)29/h4-12H,13H2,1-3H3,(H,26,29). The van der Waals surface area contributed by atoms with Crippen molar-refractivity contribution >= 4 is 20.9 Å². The van der Waals surface area contributed by atoms with Crippen LogP contribution < -0.4 is 10.3 Å². The largest absolute Gasteiger partial charge is 0.454 e. The third-order valence-electron chi connectivity index (χ3n) is 5.25. The lowest BCUT2D eigenvalue weighted by Crippen LogP contribution is -2.23. The van der Waals surface area contributed by atoms with Crippen molar-refractivity contribution in [3.8, 4) is 22.6 Å². The van der Waals surface area contributed by atoms with Crippen LogP contribution in [0.15, 0.2) is 59.7 Å². The molecule has 0 unspecified atom stereocenters. The average Bonchev–Trinajstić information content (AvgIpc) is 3.08. The normalized spacial score (nSPS) is 11.9. The topological polar surface area (TPSA) is 84.4 Å². The fourth-order valence-corrected chi connectivity index (χ4v) is 4.42. The van der Waals surface area contributed by atoms with Crippen LogP contribution in [0.3, 0.4) is 0 Å². The minimum Gasteiger partial charge on any atom is -0.454 e. The van der Waals surface area contributed by atoms with E-state index in [2.05, 4.69) is 4.98 Å². The maximum Gasteiger partial charge on any atom is 0.272 e. The average molecular weight is 474 g/mol. The van der Waals surface area contributed by atoms with Gasteiger partial charge in [-0.15, -0.1) is 0 Å². The molecule has 0 bridgehead atoms. The third-order valence-corrected chi connectivity index (χ3v) is 7.06. The van der Waals surface area contributed by atoms with Crippen LogP contribution >= 0.6 is 0 Å². The van der Waals surface area contributed by atoms with Gasteiger partial charge in [0.15, 0.2) is 11.6 Å². The summed E-state index contributed by atoms with van der Waals surface area (Å²) in [5.41, 5.74) is 1.66. The number of nitrogens with one attached hydrogen (secondary N) is 1. The lowest BCUT2D eigenvalue weighted by atomic mass is 10.0. The SMILES string of the molecule is CN(C)S(=O)(=O)Cc1ccc(Oc2ccc(F)cc2F)c(-c2cn(C)c3c(=O)[nH]ccc23)c1. The van der Waals surface area contributed by atoms with Gasteiger partial charge in [0.1, 0.15) is 17.1 Å². The fraction of sp³-hybridized carbons (Fsp3) is 0.174. The Morgan fingerprint density at radius 2 is 1.76 bits per heavy atom. The van der Waals surface area contributed by atoms with Gasteiger partial charge >= 0.3 is 0 Å². The van der Waals surface area contributed by atoms with Crippen molar-refractivity contribution < 1.29 is 21.9 Å². The van der Waals surface area contributed by atoms with Crippen molar-refractivity contribution in [2.24, 2.45) is 7.05 Å². The molecule has 33 heavy (non-hydrogen) atoms. The quantitative estimate of drug-likeness (QED) is 0.459. The van der Waals surface area contributed by atoms with Gasteiger partial charge in [0, 0.05) is 56.1 Å². The van der Waals surface area contributed by atoms with E-state index in [9.17, 15) is 22.0 Å². The number of ether oxygens (including phenoxy) is 1. The Morgan fingerprint density at radius 1 is 1.03 bits per heavy atom. The Bertz CT molecular complexity index is 1520. The highest BCUT2D eigenvalue weighted by Gasteiger charge is 2.20. The van der Waals surface area contributed by atoms with Gasteiger partial charge in [0.2, 0.25) is 10.0 Å². The minimum absolute atomic E-state index is 0.190. The first-order chi connectivity index (χ1) is 15.6. The number of fused-ring (bicyclic) bond motifs is 1. The van der Waals surface area contributed by atoms with E-state index in [4.69, 9.17) is 4.74 Å². The number of rotatable bonds is 6. The molecule has 0 aliphatic heterocycles. The van der Waals surface area contributed by atoms with E-state index >= 15 is 0 Å². The number of pyridine rings is 1. The number of aromatic amines is 1. The van der Waals surface area contributed by atoms with Gasteiger partial charge in [-0.1, -0.05) is 6.07 Å². The molecule has 4 aromatic rings. The van der Waals surface area contributed by atoms with Crippen molar-refractivity contribution in [1.29, 1.82) is 0 Å². The van der Waals surface area contributed by atoms with Crippen LogP contribution in [0, 0.1) is 11.6 Å². The molecule has 2 aromatic carbocycles. The smallest absolute Gasteiger partial charge is 0.272 e. The van der Waals surface area contributed by atoms with Gasteiger partial charge in [-0.05, 0) is 35.9 Å². The molecule has 0 aliphatic rings. The summed E-state index contributed by atoms with van der Waals surface area (Å²) in [5.74, 6) is -1.85. The monoisotopic (exact) mass is 473 g/mol. The molecule has 0 amide bonds. The Labute approximate surface area is 188 Å². The zero-order chi connectivity index (χ0) is 23.9. The summed E-state index contributed by atoms with van der Waals surface area (Å²) in [6.07, 6.45) is 3.22. The molecule has 2 heterocycles. The first kappa shape index (κ1) is 22.7. The van der Waals surface area contributed by atoms with E-state index in [1.54, 1.807) is 36.0 Å². The molecule has 10 heteroatoms. The molecule has 172 valence electrons. The first-order valence-electron chi connectivity index (χ1n) is 9.90. The number of halogens is 2. The summed E-state index contributed by atoms with van der Waals surface area (Å²) >= 11 is 0. The lowest BCUT2D eigenvalue weighted by Gasteiger charge is -2.15. The van der Waals surface area contributed by atoms with E-state index < -0.39 is 21.7 Å². The maximum atomic E-state index is 14.3. The summed E-state index contributed by atoms with van der Waals surface area (Å²) in [7, 11) is 1.06. The molecule has 7 nitrogen and oxygen atoms in total. The molecule has 0 saturated carbocycles. The third kappa shape index (κ3) is 4.39. The first-order valence-corrected chi connectivity index (χ1v) is 11.5. The summed E-state index contributed by atoms with van der Waals surface area (Å²) in [6.45, 7) is 0. The van der Waals surface area contributed by atoms with Crippen LogP contribution in [0.2, 0.25) is 0 Å². The molecule has 0 aliphatic carbocycles. The van der Waals surface area contributed by atoms with Crippen LogP contribution in [0.4, 0.5) is 8.78 Å². The summed E-state index contributed by atoms with van der Waals surface area (Å²) in [6, 6.07) is 9.42. The number of benzene rings is 2. The fourth-order valence-electron chi connectivity index (χ4n) is 3.56. The Kier molecular flexibility index (Phi) is 5.81. The van der Waals surface area contributed by atoms with Gasteiger partial charge in [-0.2, -0.15) is 0 Å². The second-order valence-corrected chi connectivity index (χ2v) is 9.95. The summed E-state index contributed by atoms with van der Waals surface area (Å²) < 4.78 is 61.0. The molecular weight excluding hydrogens is 452 g/mol. The van der Waals surface area contributed by atoms with Gasteiger partial charge in [0.25, 0.3) is 5.56 Å². The van der Waals surface area contributed by atoms with Crippen molar-refractivity contribution in [1.82, 2.24) is 13.9 Å². The van der Waals surface area contributed by atoms with Crippen molar-refractivity contribution in [2.45, 2.75) is 5.75 Å². The number of hydrogen-bond donors (Lipinski definition) is 1. The van der Waals surface area contributed by atoms with E-state index in [1.807, 2.05) is 0 Å². The minimum atomic E-state index is -3.55. The summed E-state index contributed by atoms with van der Waals surface area (Å²) in [4.78, 5) is 15.0. The number of hydrogen-bond acceptors (Lipinski definition) is 4. The predicted octanol–water partition coefficient (Wildman–Crippen LogP) is 4.00. The second-order valence-electron chi connectivity index (χ2n) is 7.77. The molecule has 0 radical (unpaired) electrons. The highest BCUT2D eigenvalue weighted by atomic mass is 32.2. The zero-order valence-electron chi connectivity index (χ0n) is 18.1. The highest BCUT2D eigenvalue weighted by Crippen LogP contribution is 2.39. The molecule has 0 atom stereocenters. The molecule has 0 saturated heterocycles. The number of nitrogens with zero attached hydrogens (tertiary/aromatic N) is 2. The van der Waals surface area contributed by atoms with Gasteiger partial charge < -0.3 is 14.3 Å². The maximum absolute atomic E-state index is 14.3. The Hall–Kier alpha value is -3.50. The molecule has 0 fully saturated rings. The second kappa shape index (κ2) is 8.45. The molecule has 1 N–H and O–H groups in total. The Morgan fingerprint density at radius 3 is 2.45 bits per heavy atom. The van der Waals surface area contributed by atoms with Crippen LogP contribution in [-0.2, 0) is 22.8 Å². The number of aryl methyl sites for hydroxylation is 1. The van der Waals surface area contributed by atoms with Crippen LogP contribution in [0.25, 0.3) is 22.0 Å². The highest BCUT2D eigenvalue weighted by molar-refractivity contribution is 7.88. The van der Waals surface area contributed by atoms with E-state index in [0.717, 1.165) is 10.4 Å². The van der Waals surface area contributed by atoms with Crippen LogP contribution in [0.1, 0.15) is 5.56 Å². The van der Waals surface area contributed by atoms with E-state index in [1.165, 1.54) is 32.4 Å². The number of H-pyrrole nitrogens is 1. The zero-order valence-corrected chi connectivity index (χ0v) is 18.9.